The lowest BCUT2D eigenvalue weighted by Crippen LogP contribution is -2.04. The minimum absolute atomic E-state index is 0.632. The van der Waals surface area contributed by atoms with Gasteiger partial charge in [0.15, 0.2) is 0 Å². The fraction of sp³-hybridized carbons (Fsp3) is 0.312. The number of methoxy groups -OCH3 is 1. The van der Waals surface area contributed by atoms with Gasteiger partial charge in [-0.25, -0.2) is 4.98 Å². The van der Waals surface area contributed by atoms with Crippen LogP contribution in [0.25, 0.3) is 0 Å². The average Bonchev–Trinajstić information content (AvgIpc) is 2.47. The third-order valence-electron chi connectivity index (χ3n) is 2.96. The maximum Gasteiger partial charge on any atom is 0.213 e. The molecule has 1 heterocycles. The number of aromatic nitrogens is 1. The van der Waals surface area contributed by atoms with Crippen LogP contribution in [-0.2, 0) is 6.54 Å². The molecule has 4 heteroatoms. The smallest absolute Gasteiger partial charge is 0.213 e. The molecule has 4 nitrogen and oxygen atoms in total. The second-order valence-electron chi connectivity index (χ2n) is 4.43. The van der Waals surface area contributed by atoms with Crippen molar-refractivity contribution in [2.24, 2.45) is 0 Å². The first kappa shape index (κ1) is 14.2. The first-order valence-corrected chi connectivity index (χ1v) is 6.70. The van der Waals surface area contributed by atoms with Gasteiger partial charge >= 0.3 is 0 Å². The molecule has 2 rings (SSSR count). The first-order valence-electron chi connectivity index (χ1n) is 6.70. The lowest BCUT2D eigenvalue weighted by atomic mass is 10.2. The maximum atomic E-state index is 5.48. The van der Waals surface area contributed by atoms with Crippen LogP contribution in [0.5, 0.6) is 11.6 Å². The van der Waals surface area contributed by atoms with Gasteiger partial charge < -0.3 is 14.8 Å². The second-order valence-corrected chi connectivity index (χ2v) is 4.43. The number of hydrogen-bond donors (Lipinski definition) is 1. The Balaban J connectivity index is 2.03. The second kappa shape index (κ2) is 6.80. The van der Waals surface area contributed by atoms with Crippen LogP contribution in [0.4, 0.5) is 5.69 Å². The van der Waals surface area contributed by atoms with Gasteiger partial charge in [0.1, 0.15) is 5.75 Å². The highest BCUT2D eigenvalue weighted by atomic mass is 16.5. The summed E-state index contributed by atoms with van der Waals surface area (Å²) >= 11 is 0. The fourth-order valence-electron chi connectivity index (χ4n) is 1.95. The fourth-order valence-corrected chi connectivity index (χ4v) is 1.95. The normalized spacial score (nSPS) is 10.2. The molecule has 2 aromatic rings. The van der Waals surface area contributed by atoms with E-state index >= 15 is 0 Å². The molecule has 106 valence electrons. The van der Waals surface area contributed by atoms with Crippen molar-refractivity contribution in [1.29, 1.82) is 0 Å². The lowest BCUT2D eigenvalue weighted by Gasteiger charge is -2.11. The Bertz CT molecular complexity index is 570. The van der Waals surface area contributed by atoms with Crippen molar-refractivity contribution >= 4 is 5.69 Å². The van der Waals surface area contributed by atoms with E-state index < -0.39 is 0 Å². The summed E-state index contributed by atoms with van der Waals surface area (Å²) in [6.45, 7) is 5.38. The third-order valence-corrected chi connectivity index (χ3v) is 2.96. The number of nitrogens with one attached hydrogen (secondary N) is 1. The summed E-state index contributed by atoms with van der Waals surface area (Å²) in [4.78, 5) is 4.37. The molecule has 1 aromatic carbocycles. The molecule has 0 bridgehead atoms. The summed E-state index contributed by atoms with van der Waals surface area (Å²) in [5.41, 5.74) is 3.18. The monoisotopic (exact) mass is 272 g/mol. The van der Waals surface area contributed by atoms with Crippen molar-refractivity contribution in [3.8, 4) is 11.6 Å². The van der Waals surface area contributed by atoms with Crippen LogP contribution in [0.1, 0.15) is 18.2 Å². The van der Waals surface area contributed by atoms with Crippen LogP contribution in [0, 0.1) is 6.92 Å². The summed E-state index contributed by atoms with van der Waals surface area (Å²) in [5.74, 6) is 1.53. The largest absolute Gasteiger partial charge is 0.494 e. The minimum atomic E-state index is 0.632. The van der Waals surface area contributed by atoms with E-state index in [-0.39, 0.29) is 0 Å². The van der Waals surface area contributed by atoms with E-state index in [4.69, 9.17) is 9.47 Å². The van der Waals surface area contributed by atoms with Crippen LogP contribution >= 0.6 is 0 Å². The van der Waals surface area contributed by atoms with Crippen molar-refractivity contribution in [1.82, 2.24) is 4.98 Å². The Hall–Kier alpha value is -2.23. The summed E-state index contributed by atoms with van der Waals surface area (Å²) in [5, 5.41) is 3.38. The molecule has 0 radical (unpaired) electrons. The van der Waals surface area contributed by atoms with Crippen LogP contribution in [0.15, 0.2) is 36.4 Å². The number of pyridine rings is 1. The molecule has 0 unspecified atom stereocenters. The summed E-state index contributed by atoms with van der Waals surface area (Å²) in [6.07, 6.45) is 0. The third kappa shape index (κ3) is 3.63. The Morgan fingerprint density at radius 2 is 2.05 bits per heavy atom. The number of hydrogen-bond acceptors (Lipinski definition) is 4. The van der Waals surface area contributed by atoms with E-state index in [0.717, 1.165) is 22.7 Å². The van der Waals surface area contributed by atoms with E-state index in [9.17, 15) is 0 Å². The minimum Gasteiger partial charge on any atom is -0.494 e. The molecule has 0 saturated carbocycles. The lowest BCUT2D eigenvalue weighted by molar-refractivity contribution is 0.340. The van der Waals surface area contributed by atoms with E-state index in [1.165, 1.54) is 0 Å². The molecular formula is C16H20N2O2. The van der Waals surface area contributed by atoms with Gasteiger partial charge in [-0.2, -0.15) is 0 Å². The molecule has 0 fully saturated rings. The van der Waals surface area contributed by atoms with Crippen molar-refractivity contribution < 1.29 is 9.47 Å². The van der Waals surface area contributed by atoms with Gasteiger partial charge in [0, 0.05) is 11.8 Å². The SMILES string of the molecule is CCOc1ccc(NCc2cccc(OC)n2)c(C)c1. The summed E-state index contributed by atoms with van der Waals surface area (Å²) in [6, 6.07) is 11.8. The van der Waals surface area contributed by atoms with Gasteiger partial charge in [-0.1, -0.05) is 6.07 Å². The summed E-state index contributed by atoms with van der Waals surface area (Å²) < 4.78 is 10.6. The van der Waals surface area contributed by atoms with Crippen molar-refractivity contribution in [2.45, 2.75) is 20.4 Å². The number of anilines is 1. The van der Waals surface area contributed by atoms with Gasteiger partial charge in [0.25, 0.3) is 0 Å². The zero-order valence-electron chi connectivity index (χ0n) is 12.1. The average molecular weight is 272 g/mol. The van der Waals surface area contributed by atoms with Crippen molar-refractivity contribution in [3.05, 3.63) is 47.7 Å². The standard InChI is InChI=1S/C16H20N2O2/c1-4-20-14-8-9-15(12(2)10-14)17-11-13-6-5-7-16(18-13)19-3/h5-10,17H,4,11H2,1-3H3. The highest BCUT2D eigenvalue weighted by Crippen LogP contribution is 2.22. The zero-order valence-corrected chi connectivity index (χ0v) is 12.1. The van der Waals surface area contributed by atoms with Gasteiger partial charge in [-0.3, -0.25) is 0 Å². The molecule has 0 aliphatic carbocycles. The topological polar surface area (TPSA) is 43.4 Å². The van der Waals surface area contributed by atoms with Gasteiger partial charge in [-0.05, 0) is 43.7 Å². The zero-order chi connectivity index (χ0) is 14.4. The Morgan fingerprint density at radius 1 is 1.20 bits per heavy atom. The number of aryl methyl sites for hydroxylation is 1. The highest BCUT2D eigenvalue weighted by molar-refractivity contribution is 5.53. The van der Waals surface area contributed by atoms with E-state index in [2.05, 4.69) is 17.2 Å². The van der Waals surface area contributed by atoms with Crippen LogP contribution < -0.4 is 14.8 Å². The Labute approximate surface area is 119 Å². The molecule has 1 N–H and O–H groups in total. The summed E-state index contributed by atoms with van der Waals surface area (Å²) in [7, 11) is 1.62. The van der Waals surface area contributed by atoms with Crippen LogP contribution in [0.3, 0.4) is 0 Å². The van der Waals surface area contributed by atoms with Gasteiger partial charge in [0.2, 0.25) is 5.88 Å². The quantitative estimate of drug-likeness (QED) is 0.875. The number of rotatable bonds is 6. The molecule has 1 aromatic heterocycles. The maximum absolute atomic E-state index is 5.48. The Morgan fingerprint density at radius 3 is 2.75 bits per heavy atom. The first-order chi connectivity index (χ1) is 9.72. The van der Waals surface area contributed by atoms with Crippen molar-refractivity contribution in [3.63, 3.8) is 0 Å². The van der Waals surface area contributed by atoms with E-state index in [1.54, 1.807) is 7.11 Å². The molecular weight excluding hydrogens is 252 g/mol. The van der Waals surface area contributed by atoms with E-state index in [0.29, 0.717) is 19.0 Å². The highest BCUT2D eigenvalue weighted by Gasteiger charge is 2.02. The van der Waals surface area contributed by atoms with Gasteiger partial charge in [0.05, 0.1) is 26.0 Å². The Kier molecular flexibility index (Phi) is 4.82. The number of ether oxygens (including phenoxy) is 2. The predicted molar refractivity (Wildman–Crippen MR) is 80.5 cm³/mol. The molecule has 0 aliphatic heterocycles. The molecule has 0 atom stereocenters. The predicted octanol–water partition coefficient (Wildman–Crippen LogP) is 3.41. The van der Waals surface area contributed by atoms with Crippen molar-refractivity contribution in [2.75, 3.05) is 19.0 Å². The molecule has 20 heavy (non-hydrogen) atoms. The van der Waals surface area contributed by atoms with Crippen LogP contribution in [-0.4, -0.2) is 18.7 Å². The molecule has 0 spiro atoms. The van der Waals surface area contributed by atoms with E-state index in [1.807, 2.05) is 43.3 Å². The number of nitrogens with zero attached hydrogens (tertiary/aromatic N) is 1. The number of benzene rings is 1. The van der Waals surface area contributed by atoms with Crippen LogP contribution in [0.2, 0.25) is 0 Å². The molecule has 0 aliphatic rings. The van der Waals surface area contributed by atoms with Gasteiger partial charge in [-0.15, -0.1) is 0 Å². The molecule has 0 saturated heterocycles. The molecule has 0 amide bonds.